The summed E-state index contributed by atoms with van der Waals surface area (Å²) in [5.74, 6) is 0.494. The van der Waals surface area contributed by atoms with Gasteiger partial charge in [0.05, 0.1) is 13.2 Å². The van der Waals surface area contributed by atoms with Crippen LogP contribution >= 0.6 is 0 Å². The van der Waals surface area contributed by atoms with Gasteiger partial charge in [0.15, 0.2) is 0 Å². The molecular weight excluding hydrogens is 356 g/mol. The Morgan fingerprint density at radius 2 is 2.04 bits per heavy atom. The van der Waals surface area contributed by atoms with Crippen LogP contribution in [0.3, 0.4) is 0 Å². The molecule has 2 aliphatic heterocycles. The third-order valence-corrected chi connectivity index (χ3v) is 5.84. The molecule has 1 amide bonds. The Labute approximate surface area is 166 Å². The zero-order valence-electron chi connectivity index (χ0n) is 16.6. The second kappa shape index (κ2) is 8.51. The zero-order valence-corrected chi connectivity index (χ0v) is 16.6. The van der Waals surface area contributed by atoms with Crippen LogP contribution in [-0.4, -0.2) is 72.8 Å². The summed E-state index contributed by atoms with van der Waals surface area (Å²) >= 11 is 0. The Bertz CT molecular complexity index is 820. The molecule has 4 rings (SSSR count). The maximum Gasteiger partial charge on any atom is 0.237 e. The van der Waals surface area contributed by atoms with Crippen LogP contribution in [0.1, 0.15) is 18.4 Å². The molecule has 0 saturated carbocycles. The Balaban J connectivity index is 1.44. The molecule has 2 aromatic rings. The lowest BCUT2D eigenvalue weighted by Gasteiger charge is -2.35. The number of aromatic nitrogens is 1. The van der Waals surface area contributed by atoms with Gasteiger partial charge in [-0.3, -0.25) is 14.6 Å². The lowest BCUT2D eigenvalue weighted by atomic mass is 10.1. The summed E-state index contributed by atoms with van der Waals surface area (Å²) in [6.07, 6.45) is 4.88. The van der Waals surface area contributed by atoms with Crippen LogP contribution in [0.25, 0.3) is 10.9 Å². The number of nitrogens with zero attached hydrogens (tertiary/aromatic N) is 3. The summed E-state index contributed by atoms with van der Waals surface area (Å²) in [6.45, 7) is 7.26. The van der Waals surface area contributed by atoms with Crippen molar-refractivity contribution in [3.8, 4) is 5.75 Å². The van der Waals surface area contributed by atoms with Gasteiger partial charge in [-0.2, -0.15) is 0 Å². The Hall–Kier alpha value is -2.09. The number of carbonyl (C=O) groups excluding carboxylic acids is 1. The molecule has 7 heteroatoms. The largest absolute Gasteiger partial charge is 0.497 e. The van der Waals surface area contributed by atoms with Gasteiger partial charge in [-0.1, -0.05) is 0 Å². The molecular formula is C21H30N4O3. The summed E-state index contributed by atoms with van der Waals surface area (Å²) in [7, 11) is 1.68. The van der Waals surface area contributed by atoms with Gasteiger partial charge in [0.2, 0.25) is 5.91 Å². The molecule has 0 unspecified atom stereocenters. The van der Waals surface area contributed by atoms with Gasteiger partial charge in [-0.15, -0.1) is 0 Å². The van der Waals surface area contributed by atoms with E-state index in [0.717, 1.165) is 62.5 Å². The van der Waals surface area contributed by atoms with Gasteiger partial charge >= 0.3 is 0 Å². The number of hydrogen-bond acceptors (Lipinski definition) is 5. The summed E-state index contributed by atoms with van der Waals surface area (Å²) < 4.78 is 13.1. The first kappa shape index (κ1) is 19.2. The molecule has 0 bridgehead atoms. The lowest BCUT2D eigenvalue weighted by Crippen LogP contribution is -2.48. The van der Waals surface area contributed by atoms with Crippen LogP contribution in [-0.2, 0) is 22.6 Å². The Morgan fingerprint density at radius 3 is 2.71 bits per heavy atom. The molecule has 0 radical (unpaired) electrons. The topological polar surface area (TPSA) is 73.0 Å². The third-order valence-electron chi connectivity index (χ3n) is 5.84. The van der Waals surface area contributed by atoms with Crippen LogP contribution in [0, 0.1) is 0 Å². The molecule has 2 N–H and O–H groups in total. The molecule has 1 aromatic heterocycles. The second-order valence-corrected chi connectivity index (χ2v) is 7.84. The van der Waals surface area contributed by atoms with Gasteiger partial charge in [0.1, 0.15) is 12.3 Å². The molecule has 0 spiro atoms. The van der Waals surface area contributed by atoms with E-state index >= 15 is 0 Å². The first-order valence-corrected chi connectivity index (χ1v) is 10.1. The van der Waals surface area contributed by atoms with Gasteiger partial charge in [-0.25, -0.2) is 0 Å². The van der Waals surface area contributed by atoms with Crippen molar-refractivity contribution >= 4 is 16.8 Å². The predicted octanol–water partition coefficient (Wildman–Crippen LogP) is 1.43. The van der Waals surface area contributed by atoms with Crippen LogP contribution in [0.15, 0.2) is 24.4 Å². The molecule has 1 aromatic carbocycles. The van der Waals surface area contributed by atoms with E-state index in [1.54, 1.807) is 7.11 Å². The quantitative estimate of drug-likeness (QED) is 0.779. The zero-order chi connectivity index (χ0) is 19.5. The lowest BCUT2D eigenvalue weighted by molar-refractivity contribution is -0.118. The molecule has 3 heterocycles. The van der Waals surface area contributed by atoms with Crippen molar-refractivity contribution in [1.29, 1.82) is 0 Å². The minimum atomic E-state index is -0.331. The summed E-state index contributed by atoms with van der Waals surface area (Å²) in [4.78, 5) is 16.5. The van der Waals surface area contributed by atoms with Gasteiger partial charge < -0.3 is 19.8 Å². The van der Waals surface area contributed by atoms with Gasteiger partial charge in [-0.05, 0) is 36.6 Å². The molecule has 28 heavy (non-hydrogen) atoms. The highest BCUT2D eigenvalue weighted by Gasteiger charge is 2.23. The van der Waals surface area contributed by atoms with Crippen molar-refractivity contribution in [3.05, 3.63) is 30.0 Å². The number of carbonyl (C=O) groups is 1. The van der Waals surface area contributed by atoms with E-state index in [2.05, 4.69) is 22.1 Å². The highest BCUT2D eigenvalue weighted by molar-refractivity contribution is 5.87. The highest BCUT2D eigenvalue weighted by atomic mass is 16.5. The number of fused-ring (bicyclic) bond motifs is 1. The molecule has 7 nitrogen and oxygen atoms in total. The van der Waals surface area contributed by atoms with E-state index in [9.17, 15) is 4.79 Å². The molecule has 2 fully saturated rings. The van der Waals surface area contributed by atoms with Crippen LogP contribution in [0.2, 0.25) is 0 Å². The summed E-state index contributed by atoms with van der Waals surface area (Å²) in [5.41, 5.74) is 7.67. The number of amides is 1. The van der Waals surface area contributed by atoms with E-state index in [4.69, 9.17) is 15.2 Å². The first-order chi connectivity index (χ1) is 13.6. The van der Waals surface area contributed by atoms with Gasteiger partial charge in [0.25, 0.3) is 0 Å². The van der Waals surface area contributed by atoms with Crippen molar-refractivity contribution in [3.63, 3.8) is 0 Å². The number of rotatable bonds is 7. The maximum absolute atomic E-state index is 11.5. The van der Waals surface area contributed by atoms with Gasteiger partial charge in [0, 0.05) is 63.0 Å². The number of piperazine rings is 1. The van der Waals surface area contributed by atoms with Crippen LogP contribution in [0.5, 0.6) is 5.75 Å². The van der Waals surface area contributed by atoms with E-state index in [-0.39, 0.29) is 12.5 Å². The molecule has 2 aliphatic rings. The molecule has 0 aliphatic carbocycles. The van der Waals surface area contributed by atoms with Crippen molar-refractivity contribution < 1.29 is 14.3 Å². The fraction of sp³-hybridized carbons (Fsp3) is 0.571. The number of methoxy groups -OCH3 is 1. The van der Waals surface area contributed by atoms with E-state index in [1.165, 1.54) is 18.4 Å². The Morgan fingerprint density at radius 1 is 1.25 bits per heavy atom. The molecule has 2 saturated heterocycles. The normalized spacial score (nSPS) is 21.4. The molecule has 1 atom stereocenters. The number of ether oxygens (including phenoxy) is 2. The van der Waals surface area contributed by atoms with Crippen molar-refractivity contribution in [2.75, 3.05) is 46.4 Å². The van der Waals surface area contributed by atoms with Crippen LogP contribution in [0.4, 0.5) is 0 Å². The SMILES string of the molecule is COc1ccc2c(c1)c(CN1CCN(C[C@H]3CCCO3)CC1)cn2CC(N)=O. The fourth-order valence-electron chi connectivity index (χ4n) is 4.35. The average molecular weight is 386 g/mol. The standard InChI is InChI=1S/C21H30N4O3/c1-27-17-4-5-20-19(11-17)16(13-25(20)15-21(22)26)12-23-6-8-24(9-7-23)14-18-3-2-10-28-18/h4-5,11,13,18H,2-3,6-10,12,14-15H2,1H3,(H2,22,26)/t18-/m1/s1. The molecule has 152 valence electrons. The van der Waals surface area contributed by atoms with E-state index in [0.29, 0.717) is 6.10 Å². The fourth-order valence-corrected chi connectivity index (χ4v) is 4.35. The first-order valence-electron chi connectivity index (χ1n) is 10.1. The number of hydrogen-bond donors (Lipinski definition) is 1. The predicted molar refractivity (Wildman–Crippen MR) is 108 cm³/mol. The smallest absolute Gasteiger partial charge is 0.237 e. The highest BCUT2D eigenvalue weighted by Crippen LogP contribution is 2.27. The average Bonchev–Trinajstić information content (AvgIpc) is 3.31. The Kier molecular flexibility index (Phi) is 5.85. The van der Waals surface area contributed by atoms with E-state index < -0.39 is 0 Å². The maximum atomic E-state index is 11.5. The number of primary amides is 1. The minimum absolute atomic E-state index is 0.192. The summed E-state index contributed by atoms with van der Waals surface area (Å²) in [5, 5.41) is 1.13. The van der Waals surface area contributed by atoms with Crippen molar-refractivity contribution in [2.24, 2.45) is 5.73 Å². The van der Waals surface area contributed by atoms with E-state index in [1.807, 2.05) is 16.7 Å². The summed E-state index contributed by atoms with van der Waals surface area (Å²) in [6, 6.07) is 5.98. The third kappa shape index (κ3) is 4.32. The minimum Gasteiger partial charge on any atom is -0.497 e. The van der Waals surface area contributed by atoms with Crippen molar-refractivity contribution in [1.82, 2.24) is 14.4 Å². The number of benzene rings is 1. The number of nitrogens with two attached hydrogens (primary N) is 1. The monoisotopic (exact) mass is 386 g/mol. The second-order valence-electron chi connectivity index (χ2n) is 7.84. The van der Waals surface area contributed by atoms with Crippen molar-refractivity contribution in [2.45, 2.75) is 32.0 Å². The van der Waals surface area contributed by atoms with Crippen LogP contribution < -0.4 is 10.5 Å².